The highest BCUT2D eigenvalue weighted by molar-refractivity contribution is 7.94. The summed E-state index contributed by atoms with van der Waals surface area (Å²) in [6, 6.07) is 10.9. The smallest absolute Gasteiger partial charge is 0.341 e. The first-order valence-electron chi connectivity index (χ1n) is 8.78. The lowest BCUT2D eigenvalue weighted by Gasteiger charge is -2.08. The molecule has 2 N–H and O–H groups in total. The van der Waals surface area contributed by atoms with Gasteiger partial charge in [-0.2, -0.15) is 0 Å². The Bertz CT molecular complexity index is 1250. The number of benzene rings is 2. The molecule has 1 aromatic heterocycles. The van der Waals surface area contributed by atoms with Gasteiger partial charge in [0.2, 0.25) is 0 Å². The molecule has 0 aliphatic carbocycles. The number of aromatic hydroxyl groups is 1. The van der Waals surface area contributed by atoms with Crippen molar-refractivity contribution in [1.82, 2.24) is 0 Å². The quantitative estimate of drug-likeness (QED) is 0.545. The average Bonchev–Trinajstić information content (AvgIpc) is 3.33. The molecule has 10 heteroatoms. The second kappa shape index (κ2) is 7.82. The second-order valence-corrected chi connectivity index (χ2v) is 10.1. The summed E-state index contributed by atoms with van der Waals surface area (Å²) in [5.74, 6) is -0.293. The molecular formula is C20H16ClNO6S2. The van der Waals surface area contributed by atoms with E-state index < -0.39 is 21.7 Å². The summed E-state index contributed by atoms with van der Waals surface area (Å²) < 4.78 is 38.4. The zero-order valence-corrected chi connectivity index (χ0v) is 18.0. The number of phenols is 1. The van der Waals surface area contributed by atoms with E-state index in [4.69, 9.17) is 16.3 Å². The summed E-state index contributed by atoms with van der Waals surface area (Å²) in [4.78, 5) is 11.6. The maximum Gasteiger partial charge on any atom is 0.341 e. The molecule has 0 atom stereocenters. The van der Waals surface area contributed by atoms with Crippen molar-refractivity contribution in [3.8, 4) is 22.6 Å². The summed E-state index contributed by atoms with van der Waals surface area (Å²) in [5, 5.41) is 9.97. The highest BCUT2D eigenvalue weighted by Gasteiger charge is 2.23. The molecule has 1 aliphatic rings. The molecule has 7 nitrogen and oxygen atoms in total. The third kappa shape index (κ3) is 3.83. The molecule has 0 spiro atoms. The number of esters is 1. The largest absolute Gasteiger partial charge is 0.507 e. The number of rotatable bonds is 5. The number of ether oxygens (including phenoxy) is 2. The van der Waals surface area contributed by atoms with Gasteiger partial charge in [-0.1, -0.05) is 17.7 Å². The van der Waals surface area contributed by atoms with Gasteiger partial charge in [0.25, 0.3) is 10.0 Å². The van der Waals surface area contributed by atoms with E-state index in [1.165, 1.54) is 25.3 Å². The van der Waals surface area contributed by atoms with Gasteiger partial charge in [0, 0.05) is 18.1 Å². The minimum atomic E-state index is -3.96. The van der Waals surface area contributed by atoms with E-state index in [-0.39, 0.29) is 15.5 Å². The molecule has 30 heavy (non-hydrogen) atoms. The Morgan fingerprint density at radius 3 is 2.77 bits per heavy atom. The van der Waals surface area contributed by atoms with Gasteiger partial charge in [0.15, 0.2) is 0 Å². The van der Waals surface area contributed by atoms with Crippen LogP contribution in [0.5, 0.6) is 11.5 Å². The normalized spacial score (nSPS) is 12.9. The number of fused-ring (bicyclic) bond motifs is 1. The Morgan fingerprint density at radius 2 is 2.03 bits per heavy atom. The van der Waals surface area contributed by atoms with Crippen LogP contribution < -0.4 is 9.46 Å². The molecule has 2 aromatic carbocycles. The van der Waals surface area contributed by atoms with Gasteiger partial charge < -0.3 is 14.6 Å². The van der Waals surface area contributed by atoms with E-state index in [2.05, 4.69) is 9.46 Å². The Kier molecular flexibility index (Phi) is 5.35. The van der Waals surface area contributed by atoms with Crippen LogP contribution in [0.25, 0.3) is 11.1 Å². The van der Waals surface area contributed by atoms with Crippen LogP contribution in [0.1, 0.15) is 15.9 Å². The number of hydrogen-bond acceptors (Lipinski definition) is 7. The highest BCUT2D eigenvalue weighted by atomic mass is 35.5. The standard InChI is InChI=1S/C20H16ClNO6S2/c1-27-20(24)14-4-3-13(9-16(14)23)22-30(25,26)18-10-15(19(21)29-18)11-2-5-17-12(8-11)6-7-28-17/h2-5,8-10,22-23H,6-7H2,1H3. The van der Waals surface area contributed by atoms with Gasteiger partial charge in [-0.05, 0) is 41.5 Å². The van der Waals surface area contributed by atoms with Crippen molar-refractivity contribution < 1.29 is 27.8 Å². The predicted octanol–water partition coefficient (Wildman–Crippen LogP) is 4.30. The van der Waals surface area contributed by atoms with Crippen LogP contribution in [0.3, 0.4) is 0 Å². The fourth-order valence-electron chi connectivity index (χ4n) is 3.11. The molecule has 156 valence electrons. The van der Waals surface area contributed by atoms with E-state index in [1.54, 1.807) is 0 Å². The van der Waals surface area contributed by atoms with Crippen LogP contribution in [0.15, 0.2) is 46.7 Å². The topological polar surface area (TPSA) is 102 Å². The first-order chi connectivity index (χ1) is 14.3. The monoisotopic (exact) mass is 465 g/mol. The van der Waals surface area contributed by atoms with Crippen molar-refractivity contribution in [1.29, 1.82) is 0 Å². The van der Waals surface area contributed by atoms with Gasteiger partial charge in [0.1, 0.15) is 25.6 Å². The van der Waals surface area contributed by atoms with Crippen molar-refractivity contribution in [3.63, 3.8) is 0 Å². The third-order valence-corrected chi connectivity index (χ3v) is 7.80. The Balaban J connectivity index is 1.62. The molecule has 0 fully saturated rings. The number of phenolic OH excluding ortho intramolecular Hbond substituents is 1. The average molecular weight is 466 g/mol. The van der Waals surface area contributed by atoms with Crippen LogP contribution in [0, 0.1) is 0 Å². The number of hydrogen-bond donors (Lipinski definition) is 2. The number of carbonyl (C=O) groups is 1. The fraction of sp³-hybridized carbons (Fsp3) is 0.150. The van der Waals surface area contributed by atoms with Crippen molar-refractivity contribution >= 4 is 44.6 Å². The van der Waals surface area contributed by atoms with Gasteiger partial charge >= 0.3 is 5.97 Å². The second-order valence-electron chi connectivity index (χ2n) is 6.50. The van der Waals surface area contributed by atoms with Crippen molar-refractivity contribution in [2.75, 3.05) is 18.4 Å². The molecule has 0 saturated carbocycles. The molecule has 0 amide bonds. The van der Waals surface area contributed by atoms with Crippen molar-refractivity contribution in [2.24, 2.45) is 0 Å². The molecule has 1 aliphatic heterocycles. The van der Waals surface area contributed by atoms with E-state index in [0.29, 0.717) is 16.5 Å². The van der Waals surface area contributed by atoms with Crippen LogP contribution in [-0.4, -0.2) is 33.2 Å². The zero-order chi connectivity index (χ0) is 21.5. The van der Waals surface area contributed by atoms with Gasteiger partial charge in [-0.15, -0.1) is 11.3 Å². The number of carbonyl (C=O) groups excluding carboxylic acids is 1. The van der Waals surface area contributed by atoms with E-state index in [0.717, 1.165) is 40.7 Å². The minimum absolute atomic E-state index is 0.0239. The van der Waals surface area contributed by atoms with Crippen LogP contribution in [0.2, 0.25) is 4.34 Å². The molecular weight excluding hydrogens is 450 g/mol. The number of halogens is 1. The number of thiophene rings is 1. The van der Waals surface area contributed by atoms with E-state index in [9.17, 15) is 18.3 Å². The van der Waals surface area contributed by atoms with E-state index >= 15 is 0 Å². The third-order valence-electron chi connectivity index (χ3n) is 4.58. The SMILES string of the molecule is COC(=O)c1ccc(NS(=O)(=O)c2cc(-c3ccc4c(c3)CCO4)c(Cl)s2)cc1O. The van der Waals surface area contributed by atoms with Crippen LogP contribution in [-0.2, 0) is 21.2 Å². The number of nitrogens with one attached hydrogen (secondary N) is 1. The number of methoxy groups -OCH3 is 1. The first-order valence-corrected chi connectivity index (χ1v) is 11.5. The molecule has 0 radical (unpaired) electrons. The molecule has 2 heterocycles. The highest BCUT2D eigenvalue weighted by Crippen LogP contribution is 2.40. The molecule has 0 saturated heterocycles. The van der Waals surface area contributed by atoms with Crippen molar-refractivity contribution in [2.45, 2.75) is 10.6 Å². The Hall–Kier alpha value is -2.75. The predicted molar refractivity (Wildman–Crippen MR) is 114 cm³/mol. The Morgan fingerprint density at radius 1 is 1.23 bits per heavy atom. The van der Waals surface area contributed by atoms with Gasteiger partial charge in [-0.3, -0.25) is 4.72 Å². The van der Waals surface area contributed by atoms with Gasteiger partial charge in [0.05, 0.1) is 19.4 Å². The lowest BCUT2D eigenvalue weighted by molar-refractivity contribution is 0.0597. The summed E-state index contributed by atoms with van der Waals surface area (Å²) in [6.07, 6.45) is 0.794. The summed E-state index contributed by atoms with van der Waals surface area (Å²) in [5.41, 5.74) is 2.50. The molecule has 0 bridgehead atoms. The van der Waals surface area contributed by atoms with Gasteiger partial charge in [-0.25, -0.2) is 13.2 Å². The van der Waals surface area contributed by atoms with Crippen molar-refractivity contribution in [3.05, 3.63) is 57.9 Å². The maximum atomic E-state index is 12.8. The lowest BCUT2D eigenvalue weighted by atomic mass is 10.0. The molecule has 4 rings (SSSR count). The number of anilines is 1. The fourth-order valence-corrected chi connectivity index (χ4v) is 5.93. The van der Waals surface area contributed by atoms with Crippen LogP contribution >= 0.6 is 22.9 Å². The minimum Gasteiger partial charge on any atom is -0.507 e. The van der Waals surface area contributed by atoms with E-state index in [1.807, 2.05) is 18.2 Å². The maximum absolute atomic E-state index is 12.8. The summed E-state index contributed by atoms with van der Waals surface area (Å²) in [6.45, 7) is 0.626. The summed E-state index contributed by atoms with van der Waals surface area (Å²) >= 11 is 7.27. The molecule has 0 unspecified atom stereocenters. The summed E-state index contributed by atoms with van der Waals surface area (Å²) in [7, 11) is -2.77. The zero-order valence-electron chi connectivity index (χ0n) is 15.6. The molecule has 3 aromatic rings. The lowest BCUT2D eigenvalue weighted by Crippen LogP contribution is -2.11. The Labute approximate surface area is 181 Å². The first kappa shape index (κ1) is 20.5. The number of sulfonamides is 1. The van der Waals surface area contributed by atoms with Crippen LogP contribution in [0.4, 0.5) is 5.69 Å².